The second kappa shape index (κ2) is 7.44. The van der Waals surface area contributed by atoms with Gasteiger partial charge in [0.2, 0.25) is 0 Å². The average molecular weight is 419 g/mol. The van der Waals surface area contributed by atoms with E-state index in [0.29, 0.717) is 11.1 Å². The zero-order valence-electron chi connectivity index (χ0n) is 18.2. The predicted octanol–water partition coefficient (Wildman–Crippen LogP) is 5.66. The molecule has 5 aromatic rings. The van der Waals surface area contributed by atoms with E-state index in [9.17, 15) is 10.5 Å². The molecule has 0 N–H and O–H groups in total. The number of aromatic nitrogens is 4. The number of hydrogen-bond acceptors (Lipinski definition) is 3. The fourth-order valence-corrected chi connectivity index (χ4v) is 4.26. The van der Waals surface area contributed by atoms with Gasteiger partial charge in [0.25, 0.3) is 0 Å². The molecule has 0 aliphatic carbocycles. The van der Waals surface area contributed by atoms with Crippen LogP contribution in [0.3, 0.4) is 0 Å². The first kappa shape index (κ1) is 19.7. The summed E-state index contributed by atoms with van der Waals surface area (Å²) in [4.78, 5) is 0. The molecule has 0 bridgehead atoms. The number of aryl methyl sites for hydroxylation is 1. The van der Waals surface area contributed by atoms with Crippen LogP contribution in [0.5, 0.6) is 0 Å². The van der Waals surface area contributed by atoms with Crippen molar-refractivity contribution in [1.29, 1.82) is 10.5 Å². The van der Waals surface area contributed by atoms with Crippen molar-refractivity contribution in [1.82, 2.24) is 18.9 Å². The van der Waals surface area contributed by atoms with Crippen LogP contribution in [-0.4, -0.2) is 18.9 Å². The van der Waals surface area contributed by atoms with Crippen molar-refractivity contribution in [3.63, 3.8) is 0 Å². The summed E-state index contributed by atoms with van der Waals surface area (Å²) in [7, 11) is 0. The molecule has 0 radical (unpaired) electrons. The van der Waals surface area contributed by atoms with Gasteiger partial charge in [-0.2, -0.15) is 15.6 Å². The third-order valence-corrected chi connectivity index (χ3v) is 5.99. The molecule has 2 aromatic carbocycles. The molecule has 3 aromatic heterocycles. The lowest BCUT2D eigenvalue weighted by Crippen LogP contribution is -1.98. The highest BCUT2D eigenvalue weighted by Gasteiger charge is 2.15. The van der Waals surface area contributed by atoms with E-state index in [4.69, 9.17) is 0 Å². The minimum atomic E-state index is 0.261. The summed E-state index contributed by atoms with van der Waals surface area (Å²) in [6, 6.07) is 17.1. The second-order valence-corrected chi connectivity index (χ2v) is 8.23. The van der Waals surface area contributed by atoms with E-state index in [0.717, 1.165) is 45.2 Å². The molecule has 32 heavy (non-hydrogen) atoms. The molecular weight excluding hydrogens is 396 g/mol. The molecule has 6 heteroatoms. The average Bonchev–Trinajstić information content (AvgIpc) is 3.52. The van der Waals surface area contributed by atoms with Gasteiger partial charge in [-0.1, -0.05) is 6.92 Å². The lowest BCUT2D eigenvalue weighted by atomic mass is 10.1. The summed E-state index contributed by atoms with van der Waals surface area (Å²) in [5.41, 5.74) is 6.23. The molecule has 0 amide bonds. The van der Waals surface area contributed by atoms with E-state index in [1.54, 1.807) is 0 Å². The summed E-state index contributed by atoms with van der Waals surface area (Å²) in [5.74, 6) is 0. The minimum Gasteiger partial charge on any atom is -0.344 e. The van der Waals surface area contributed by atoms with Crippen molar-refractivity contribution in [2.24, 2.45) is 0 Å². The van der Waals surface area contributed by atoms with Crippen molar-refractivity contribution in [2.75, 3.05) is 0 Å². The Morgan fingerprint density at radius 2 is 1.53 bits per heavy atom. The molecule has 0 fully saturated rings. The Hall–Kier alpha value is -4.29. The van der Waals surface area contributed by atoms with Gasteiger partial charge in [0.05, 0.1) is 28.5 Å². The standard InChI is InChI=1S/C26H22N6/c1-4-18-13-29-32(14-18)22-6-8-26-24(10-22)20(12-28)16-31(26)21-5-7-25-23(9-21)19(11-27)15-30(25)17(2)3/h5-10,13-17H,4H2,1-3H3. The fraction of sp³-hybridized carbons (Fsp3) is 0.192. The van der Waals surface area contributed by atoms with E-state index >= 15 is 0 Å². The minimum absolute atomic E-state index is 0.261. The highest BCUT2D eigenvalue weighted by atomic mass is 15.3. The maximum absolute atomic E-state index is 9.79. The molecule has 5 rings (SSSR count). The number of rotatable bonds is 4. The normalized spacial score (nSPS) is 11.3. The first-order valence-electron chi connectivity index (χ1n) is 10.7. The molecule has 0 atom stereocenters. The van der Waals surface area contributed by atoms with Gasteiger partial charge in [-0.3, -0.25) is 0 Å². The zero-order chi connectivity index (χ0) is 22.4. The van der Waals surface area contributed by atoms with Gasteiger partial charge in [-0.25, -0.2) is 4.68 Å². The Morgan fingerprint density at radius 3 is 2.22 bits per heavy atom. The maximum atomic E-state index is 9.79. The Balaban J connectivity index is 1.68. The Kier molecular flexibility index (Phi) is 4.57. The number of hydrogen-bond donors (Lipinski definition) is 0. The SMILES string of the molecule is CCc1cnn(-c2ccc3c(c2)c(C#N)cn3-c2ccc3c(c2)c(C#N)cn3C(C)C)c1. The van der Waals surface area contributed by atoms with E-state index < -0.39 is 0 Å². The zero-order valence-corrected chi connectivity index (χ0v) is 18.2. The molecule has 6 nitrogen and oxygen atoms in total. The highest BCUT2D eigenvalue weighted by Crippen LogP contribution is 2.31. The van der Waals surface area contributed by atoms with E-state index in [1.165, 1.54) is 0 Å². The van der Waals surface area contributed by atoms with E-state index in [1.807, 2.05) is 70.4 Å². The third-order valence-electron chi connectivity index (χ3n) is 5.99. The number of nitrogens with zero attached hydrogens (tertiary/aromatic N) is 6. The maximum Gasteiger partial charge on any atom is 0.101 e. The van der Waals surface area contributed by atoms with Crippen LogP contribution < -0.4 is 0 Å². The predicted molar refractivity (Wildman–Crippen MR) is 125 cm³/mol. The van der Waals surface area contributed by atoms with Gasteiger partial charge in [0, 0.05) is 46.6 Å². The first-order valence-corrected chi connectivity index (χ1v) is 10.7. The summed E-state index contributed by atoms with van der Waals surface area (Å²) in [5, 5.41) is 25.7. The first-order chi connectivity index (χ1) is 15.5. The molecule has 0 spiro atoms. The van der Waals surface area contributed by atoms with Crippen LogP contribution in [-0.2, 0) is 6.42 Å². The molecule has 0 aliphatic rings. The van der Waals surface area contributed by atoms with Crippen molar-refractivity contribution in [2.45, 2.75) is 33.2 Å². The second-order valence-electron chi connectivity index (χ2n) is 8.23. The summed E-state index contributed by atoms with van der Waals surface area (Å²) in [6.07, 6.45) is 8.58. The summed E-state index contributed by atoms with van der Waals surface area (Å²) < 4.78 is 5.98. The summed E-state index contributed by atoms with van der Waals surface area (Å²) >= 11 is 0. The molecular formula is C26H22N6. The quantitative estimate of drug-likeness (QED) is 0.378. The van der Waals surface area contributed by atoms with Crippen molar-refractivity contribution >= 4 is 21.8 Å². The van der Waals surface area contributed by atoms with Gasteiger partial charge < -0.3 is 9.13 Å². The van der Waals surface area contributed by atoms with Crippen LogP contribution in [0.15, 0.2) is 61.2 Å². The van der Waals surface area contributed by atoms with Gasteiger partial charge in [0.1, 0.15) is 12.1 Å². The molecule has 156 valence electrons. The van der Waals surface area contributed by atoms with Crippen LogP contribution in [0.25, 0.3) is 33.2 Å². The van der Waals surface area contributed by atoms with Crippen molar-refractivity contribution in [3.8, 4) is 23.5 Å². The largest absolute Gasteiger partial charge is 0.344 e. The van der Waals surface area contributed by atoms with Crippen LogP contribution in [0, 0.1) is 22.7 Å². The van der Waals surface area contributed by atoms with Gasteiger partial charge >= 0.3 is 0 Å². The molecule has 0 aliphatic heterocycles. The lowest BCUT2D eigenvalue weighted by Gasteiger charge is -2.10. The monoisotopic (exact) mass is 418 g/mol. The van der Waals surface area contributed by atoms with Crippen LogP contribution >= 0.6 is 0 Å². The highest BCUT2D eigenvalue weighted by molar-refractivity contribution is 5.92. The Morgan fingerprint density at radius 1 is 0.875 bits per heavy atom. The fourth-order valence-electron chi connectivity index (χ4n) is 4.26. The van der Waals surface area contributed by atoms with Crippen LogP contribution in [0.4, 0.5) is 0 Å². The topological polar surface area (TPSA) is 75.3 Å². The van der Waals surface area contributed by atoms with Crippen molar-refractivity contribution in [3.05, 3.63) is 77.9 Å². The van der Waals surface area contributed by atoms with E-state index in [-0.39, 0.29) is 6.04 Å². The van der Waals surface area contributed by atoms with Crippen LogP contribution in [0.1, 0.15) is 43.5 Å². The summed E-state index contributed by atoms with van der Waals surface area (Å²) in [6.45, 7) is 6.31. The van der Waals surface area contributed by atoms with Gasteiger partial charge in [0.15, 0.2) is 0 Å². The Labute approximate surface area is 186 Å². The van der Waals surface area contributed by atoms with E-state index in [2.05, 4.69) is 42.6 Å². The number of benzene rings is 2. The smallest absolute Gasteiger partial charge is 0.101 e. The van der Waals surface area contributed by atoms with Gasteiger partial charge in [-0.15, -0.1) is 0 Å². The molecule has 0 saturated heterocycles. The molecule has 0 unspecified atom stereocenters. The Bertz CT molecular complexity index is 1560. The molecule has 0 saturated carbocycles. The van der Waals surface area contributed by atoms with Gasteiger partial charge in [-0.05, 0) is 62.2 Å². The third kappa shape index (κ3) is 2.97. The molecule has 3 heterocycles. The number of fused-ring (bicyclic) bond motifs is 2. The lowest BCUT2D eigenvalue weighted by molar-refractivity contribution is 0.622. The van der Waals surface area contributed by atoms with Crippen LogP contribution in [0.2, 0.25) is 0 Å². The van der Waals surface area contributed by atoms with Crippen molar-refractivity contribution < 1.29 is 0 Å². The number of nitriles is 2.